The molecule has 1 rings (SSSR count). The Kier molecular flexibility index (Phi) is 12.0. The third-order valence-electron chi connectivity index (χ3n) is 1.80. The predicted molar refractivity (Wildman–Crippen MR) is 69.6 cm³/mol. The zero-order chi connectivity index (χ0) is 14.7. The summed E-state index contributed by atoms with van der Waals surface area (Å²) in [6.45, 7) is 4.24. The maximum Gasteiger partial charge on any atom is 0.692 e. The maximum atomic E-state index is 8.70. The largest absolute Gasteiger partial charge is 0.692 e. The van der Waals surface area contributed by atoms with E-state index in [2.05, 4.69) is 37.4 Å². The van der Waals surface area contributed by atoms with Gasteiger partial charge in [-0.05, 0) is 37.1 Å². The van der Waals surface area contributed by atoms with E-state index in [1.54, 1.807) is 0 Å². The molecule has 7 nitrogen and oxygen atoms in total. The van der Waals surface area contributed by atoms with Gasteiger partial charge in [0, 0.05) is 21.9 Å². The zero-order valence-electron chi connectivity index (χ0n) is 10.2. The highest BCUT2D eigenvalue weighted by Gasteiger charge is 1.93. The van der Waals surface area contributed by atoms with Crippen molar-refractivity contribution in [3.63, 3.8) is 0 Å². The summed E-state index contributed by atoms with van der Waals surface area (Å²) in [7, 11) is -3.81. The standard InChI is InChI=1S/C9H13N.2HO3P/c1-7-4-5-9(10-3)6-8(7)2;2*1-4(2)3/h4-6,10H,1-3H3;2*(H-,1,2,3)/p+2. The van der Waals surface area contributed by atoms with Crippen molar-refractivity contribution in [2.24, 2.45) is 0 Å². The SMILES string of the molecule is CNc1ccc(C)c(C)c1.O=[P+](O)O.O=[P+](O)O. The second kappa shape index (κ2) is 11.2. The van der Waals surface area contributed by atoms with Crippen LogP contribution in [0.5, 0.6) is 0 Å². The van der Waals surface area contributed by atoms with Gasteiger partial charge in [-0.1, -0.05) is 6.07 Å². The minimum atomic E-state index is -2.87. The van der Waals surface area contributed by atoms with Crippen molar-refractivity contribution in [3.8, 4) is 0 Å². The Bertz CT molecular complexity index is 379. The lowest BCUT2D eigenvalue weighted by Crippen LogP contribution is -1.89. The molecule has 5 N–H and O–H groups in total. The van der Waals surface area contributed by atoms with E-state index in [9.17, 15) is 0 Å². The first-order valence-corrected chi connectivity index (χ1v) is 6.98. The summed E-state index contributed by atoms with van der Waals surface area (Å²) in [5.41, 5.74) is 3.87. The normalized spacial score (nSPS) is 8.17. The summed E-state index contributed by atoms with van der Waals surface area (Å²) in [4.78, 5) is 28.5. The van der Waals surface area contributed by atoms with Gasteiger partial charge in [0.25, 0.3) is 0 Å². The first-order chi connectivity index (χ1) is 8.20. The Labute approximate surface area is 107 Å². The summed E-state index contributed by atoms with van der Waals surface area (Å²) < 4.78 is 17.4. The summed E-state index contributed by atoms with van der Waals surface area (Å²) in [6, 6.07) is 6.36. The molecule has 0 radical (unpaired) electrons. The number of hydrogen-bond donors (Lipinski definition) is 5. The molecular formula is C9H17NO6P2+2. The summed E-state index contributed by atoms with van der Waals surface area (Å²) in [6.07, 6.45) is 0. The average Bonchev–Trinajstić information content (AvgIpc) is 2.20. The van der Waals surface area contributed by atoms with Gasteiger partial charge >= 0.3 is 16.5 Å². The highest BCUT2D eigenvalue weighted by atomic mass is 31.1. The van der Waals surface area contributed by atoms with Gasteiger partial charge in [0.1, 0.15) is 0 Å². The lowest BCUT2D eigenvalue weighted by molar-refractivity contribution is 0.403. The number of aryl methyl sites for hydroxylation is 2. The number of anilines is 1. The third-order valence-corrected chi connectivity index (χ3v) is 1.80. The van der Waals surface area contributed by atoms with Gasteiger partial charge in [0.05, 0.1) is 0 Å². The highest BCUT2D eigenvalue weighted by Crippen LogP contribution is 2.12. The van der Waals surface area contributed by atoms with E-state index in [1.165, 1.54) is 16.8 Å². The molecule has 102 valence electrons. The first-order valence-electron chi connectivity index (χ1n) is 4.65. The van der Waals surface area contributed by atoms with Gasteiger partial charge in [-0.2, -0.15) is 0 Å². The van der Waals surface area contributed by atoms with Crippen LogP contribution >= 0.6 is 16.5 Å². The van der Waals surface area contributed by atoms with Gasteiger partial charge in [-0.3, -0.25) is 0 Å². The second-order valence-corrected chi connectivity index (χ2v) is 4.07. The molecule has 0 fully saturated rings. The molecule has 0 spiro atoms. The van der Waals surface area contributed by atoms with Crippen molar-refractivity contribution in [2.45, 2.75) is 13.8 Å². The topological polar surface area (TPSA) is 127 Å². The molecule has 0 aromatic heterocycles. The summed E-state index contributed by atoms with van der Waals surface area (Å²) >= 11 is 0. The number of hydrogen-bond acceptors (Lipinski definition) is 3. The molecule has 0 unspecified atom stereocenters. The van der Waals surface area contributed by atoms with Crippen molar-refractivity contribution < 1.29 is 28.7 Å². The van der Waals surface area contributed by atoms with E-state index in [0.29, 0.717) is 0 Å². The quantitative estimate of drug-likeness (QED) is 0.498. The molecule has 0 atom stereocenters. The van der Waals surface area contributed by atoms with Crippen LogP contribution in [0.3, 0.4) is 0 Å². The lowest BCUT2D eigenvalue weighted by Gasteiger charge is -2.02. The van der Waals surface area contributed by atoms with Crippen molar-refractivity contribution in [1.29, 1.82) is 0 Å². The Morgan fingerprint density at radius 1 is 0.944 bits per heavy atom. The minimum Gasteiger partial charge on any atom is -0.388 e. The van der Waals surface area contributed by atoms with Crippen LogP contribution in [0.25, 0.3) is 0 Å². The number of nitrogens with one attached hydrogen (secondary N) is 1. The number of benzene rings is 1. The Morgan fingerprint density at radius 3 is 1.61 bits per heavy atom. The predicted octanol–water partition coefficient (Wildman–Crippen LogP) is 1.60. The molecular weight excluding hydrogens is 280 g/mol. The molecule has 0 saturated heterocycles. The molecule has 0 aliphatic rings. The van der Waals surface area contributed by atoms with Crippen LogP contribution in [0.1, 0.15) is 11.1 Å². The van der Waals surface area contributed by atoms with Crippen LogP contribution in [0.4, 0.5) is 5.69 Å². The van der Waals surface area contributed by atoms with Crippen LogP contribution in [0.2, 0.25) is 0 Å². The van der Waals surface area contributed by atoms with E-state index in [4.69, 9.17) is 28.7 Å². The summed E-state index contributed by atoms with van der Waals surface area (Å²) in [5, 5.41) is 3.10. The third kappa shape index (κ3) is 15.1. The van der Waals surface area contributed by atoms with Crippen LogP contribution in [0.15, 0.2) is 18.2 Å². The molecule has 1 aromatic rings. The van der Waals surface area contributed by atoms with E-state index < -0.39 is 16.5 Å². The fourth-order valence-corrected chi connectivity index (χ4v) is 0.897. The minimum absolute atomic E-state index is 1.18. The van der Waals surface area contributed by atoms with E-state index >= 15 is 0 Å². The van der Waals surface area contributed by atoms with Crippen LogP contribution in [0, 0.1) is 13.8 Å². The Morgan fingerprint density at radius 2 is 1.33 bits per heavy atom. The van der Waals surface area contributed by atoms with Gasteiger partial charge < -0.3 is 5.32 Å². The number of rotatable bonds is 1. The molecule has 0 amide bonds. The zero-order valence-corrected chi connectivity index (χ0v) is 12.0. The van der Waals surface area contributed by atoms with Crippen LogP contribution in [-0.2, 0) is 9.13 Å². The van der Waals surface area contributed by atoms with Gasteiger partial charge in [-0.15, -0.1) is 19.6 Å². The van der Waals surface area contributed by atoms with Gasteiger partial charge in [0.15, 0.2) is 0 Å². The van der Waals surface area contributed by atoms with Crippen molar-refractivity contribution in [2.75, 3.05) is 12.4 Å². The van der Waals surface area contributed by atoms with Crippen molar-refractivity contribution in [1.82, 2.24) is 0 Å². The summed E-state index contributed by atoms with van der Waals surface area (Å²) in [5.74, 6) is 0. The van der Waals surface area contributed by atoms with Crippen molar-refractivity contribution >= 4 is 22.2 Å². The molecule has 1 aromatic carbocycles. The first kappa shape index (κ1) is 19.4. The Balaban J connectivity index is 0. The van der Waals surface area contributed by atoms with Gasteiger partial charge in [-0.25, -0.2) is 0 Å². The second-order valence-electron chi connectivity index (χ2n) is 3.05. The van der Waals surface area contributed by atoms with Crippen LogP contribution < -0.4 is 5.32 Å². The van der Waals surface area contributed by atoms with Crippen LogP contribution in [-0.4, -0.2) is 26.6 Å². The fourth-order valence-electron chi connectivity index (χ4n) is 0.897. The molecule has 0 heterocycles. The molecule has 18 heavy (non-hydrogen) atoms. The maximum absolute atomic E-state index is 8.70. The lowest BCUT2D eigenvalue weighted by atomic mass is 10.1. The molecule has 0 aliphatic carbocycles. The molecule has 0 bridgehead atoms. The fraction of sp³-hybridized carbons (Fsp3) is 0.333. The van der Waals surface area contributed by atoms with E-state index in [-0.39, 0.29) is 0 Å². The van der Waals surface area contributed by atoms with Gasteiger partial charge in [0.2, 0.25) is 0 Å². The van der Waals surface area contributed by atoms with Crippen molar-refractivity contribution in [3.05, 3.63) is 29.3 Å². The average molecular weight is 297 g/mol. The van der Waals surface area contributed by atoms with E-state index in [0.717, 1.165) is 0 Å². The molecule has 0 aliphatic heterocycles. The molecule has 0 saturated carbocycles. The highest BCUT2D eigenvalue weighted by molar-refractivity contribution is 7.31. The monoisotopic (exact) mass is 297 g/mol. The van der Waals surface area contributed by atoms with E-state index in [1.807, 2.05) is 7.05 Å². The smallest absolute Gasteiger partial charge is 0.388 e. The Hall–Kier alpha value is -0.940. The molecule has 9 heteroatoms.